The molecule has 0 aromatic carbocycles. The second-order valence-electron chi connectivity index (χ2n) is 4.94. The summed E-state index contributed by atoms with van der Waals surface area (Å²) >= 11 is 0. The molecule has 7 heteroatoms. The Hall–Kier alpha value is -1.92. The summed E-state index contributed by atoms with van der Waals surface area (Å²) in [5.41, 5.74) is 0. The minimum Gasteiger partial charge on any atom is -0.481 e. The summed E-state index contributed by atoms with van der Waals surface area (Å²) in [6, 6.07) is 0. The van der Waals surface area contributed by atoms with Crippen LogP contribution >= 0.6 is 0 Å². The third-order valence-electron chi connectivity index (χ3n) is 3.61. The summed E-state index contributed by atoms with van der Waals surface area (Å²) < 4.78 is 1.81. The number of carbonyl (C=O) groups excluding carboxylic acids is 1. The highest BCUT2D eigenvalue weighted by molar-refractivity contribution is 5.80. The first kappa shape index (κ1) is 13.5. The van der Waals surface area contributed by atoms with Crippen molar-refractivity contribution >= 4 is 11.9 Å². The lowest BCUT2D eigenvalue weighted by atomic mass is 10.0. The number of nitrogens with one attached hydrogen (secondary N) is 1. The number of nitrogens with zero attached hydrogens (tertiary/aromatic N) is 3. The molecule has 2 unspecified atom stereocenters. The van der Waals surface area contributed by atoms with E-state index in [4.69, 9.17) is 5.11 Å². The lowest BCUT2D eigenvalue weighted by Crippen LogP contribution is -2.31. The largest absolute Gasteiger partial charge is 0.481 e. The maximum absolute atomic E-state index is 11.9. The highest BCUT2D eigenvalue weighted by atomic mass is 16.4. The molecule has 1 aromatic heterocycles. The summed E-state index contributed by atoms with van der Waals surface area (Å²) in [6.45, 7) is 0.500. The molecular weight excluding hydrogens is 248 g/mol. The summed E-state index contributed by atoms with van der Waals surface area (Å²) in [5.74, 6) is -0.564. The average molecular weight is 266 g/mol. The Labute approximate surface area is 111 Å². The van der Waals surface area contributed by atoms with E-state index in [1.165, 1.54) is 0 Å². The minimum atomic E-state index is -0.797. The third kappa shape index (κ3) is 3.30. The van der Waals surface area contributed by atoms with E-state index in [0.717, 1.165) is 5.82 Å². The van der Waals surface area contributed by atoms with E-state index < -0.39 is 5.97 Å². The molecule has 19 heavy (non-hydrogen) atoms. The molecule has 104 valence electrons. The molecule has 1 heterocycles. The van der Waals surface area contributed by atoms with Crippen LogP contribution in [0.25, 0.3) is 0 Å². The first-order chi connectivity index (χ1) is 9.08. The van der Waals surface area contributed by atoms with Gasteiger partial charge in [0, 0.05) is 25.9 Å². The molecule has 2 N–H and O–H groups in total. The average Bonchev–Trinajstić information content (AvgIpc) is 2.98. The zero-order valence-electron chi connectivity index (χ0n) is 10.9. The second kappa shape index (κ2) is 5.81. The molecule has 1 aliphatic carbocycles. The third-order valence-corrected chi connectivity index (χ3v) is 3.61. The van der Waals surface area contributed by atoms with Crippen molar-refractivity contribution in [3.8, 4) is 0 Å². The zero-order chi connectivity index (χ0) is 13.8. The maximum atomic E-state index is 11.9. The molecule has 1 saturated carbocycles. The van der Waals surface area contributed by atoms with Gasteiger partial charge in [-0.2, -0.15) is 0 Å². The second-order valence-corrected chi connectivity index (χ2v) is 4.94. The van der Waals surface area contributed by atoms with Crippen molar-refractivity contribution in [1.82, 2.24) is 20.1 Å². The van der Waals surface area contributed by atoms with E-state index in [2.05, 4.69) is 15.5 Å². The fraction of sp³-hybridized carbons (Fsp3) is 0.667. The molecule has 0 radical (unpaired) electrons. The van der Waals surface area contributed by atoms with Crippen molar-refractivity contribution in [2.24, 2.45) is 18.9 Å². The van der Waals surface area contributed by atoms with E-state index >= 15 is 0 Å². The first-order valence-electron chi connectivity index (χ1n) is 6.41. The molecule has 7 nitrogen and oxygen atoms in total. The number of amides is 1. The molecule has 2 rings (SSSR count). The SMILES string of the molecule is Cn1cnnc1CCNC(=O)C1CCC(C(=O)O)C1. The number of aliphatic carboxylic acids is 1. The Morgan fingerprint density at radius 2 is 2.21 bits per heavy atom. The molecule has 0 bridgehead atoms. The van der Waals surface area contributed by atoms with Crippen LogP contribution in [0.15, 0.2) is 6.33 Å². The standard InChI is InChI=1S/C12H18N4O3/c1-16-7-14-15-10(16)4-5-13-11(17)8-2-3-9(6-8)12(18)19/h7-9H,2-6H2,1H3,(H,13,17)(H,18,19). The van der Waals surface area contributed by atoms with Crippen LogP contribution in [-0.4, -0.2) is 38.3 Å². The molecule has 0 saturated heterocycles. The highest BCUT2D eigenvalue weighted by Crippen LogP contribution is 2.30. The predicted molar refractivity (Wildman–Crippen MR) is 66.2 cm³/mol. The summed E-state index contributed by atoms with van der Waals surface area (Å²) in [4.78, 5) is 22.7. The number of hydrogen-bond donors (Lipinski definition) is 2. The normalized spacial score (nSPS) is 22.4. The Kier molecular flexibility index (Phi) is 4.13. The Morgan fingerprint density at radius 1 is 1.47 bits per heavy atom. The van der Waals surface area contributed by atoms with Crippen LogP contribution < -0.4 is 5.32 Å². The number of rotatable bonds is 5. The number of aromatic nitrogens is 3. The van der Waals surface area contributed by atoms with Gasteiger partial charge in [0.1, 0.15) is 12.2 Å². The molecule has 0 spiro atoms. The topological polar surface area (TPSA) is 97.1 Å². The number of hydrogen-bond acceptors (Lipinski definition) is 4. The van der Waals surface area contributed by atoms with Crippen molar-refractivity contribution in [1.29, 1.82) is 0 Å². The van der Waals surface area contributed by atoms with E-state index in [1.807, 2.05) is 11.6 Å². The van der Waals surface area contributed by atoms with Gasteiger partial charge in [0.25, 0.3) is 0 Å². The minimum absolute atomic E-state index is 0.0501. The van der Waals surface area contributed by atoms with Crippen LogP contribution in [0.3, 0.4) is 0 Å². The molecule has 1 amide bonds. The van der Waals surface area contributed by atoms with Crippen LogP contribution in [0, 0.1) is 11.8 Å². The fourth-order valence-electron chi connectivity index (χ4n) is 2.42. The lowest BCUT2D eigenvalue weighted by molar-refractivity contribution is -0.141. The van der Waals surface area contributed by atoms with E-state index in [-0.39, 0.29) is 17.7 Å². The van der Waals surface area contributed by atoms with Gasteiger partial charge >= 0.3 is 5.97 Å². The fourth-order valence-corrected chi connectivity index (χ4v) is 2.42. The van der Waals surface area contributed by atoms with Crippen LogP contribution in [0.2, 0.25) is 0 Å². The van der Waals surface area contributed by atoms with Crippen molar-refractivity contribution in [3.05, 3.63) is 12.2 Å². The van der Waals surface area contributed by atoms with Crippen LogP contribution in [0.4, 0.5) is 0 Å². The van der Waals surface area contributed by atoms with Crippen LogP contribution in [0.1, 0.15) is 25.1 Å². The predicted octanol–water partition coefficient (Wildman–Crippen LogP) is -0.0253. The van der Waals surface area contributed by atoms with Gasteiger partial charge in [0.15, 0.2) is 0 Å². The molecular formula is C12H18N4O3. The number of aryl methyl sites for hydroxylation is 1. The molecule has 0 aliphatic heterocycles. The van der Waals surface area contributed by atoms with Gasteiger partial charge in [-0.05, 0) is 19.3 Å². The van der Waals surface area contributed by atoms with Gasteiger partial charge in [-0.25, -0.2) is 0 Å². The molecule has 1 aliphatic rings. The Morgan fingerprint density at radius 3 is 2.79 bits per heavy atom. The van der Waals surface area contributed by atoms with Gasteiger partial charge in [0.05, 0.1) is 5.92 Å². The summed E-state index contributed by atoms with van der Waals surface area (Å²) in [5, 5.41) is 19.4. The first-order valence-corrected chi connectivity index (χ1v) is 6.41. The molecule has 1 aromatic rings. The number of carboxylic acids is 1. The Balaban J connectivity index is 1.73. The quantitative estimate of drug-likeness (QED) is 0.780. The van der Waals surface area contributed by atoms with Crippen molar-refractivity contribution in [2.45, 2.75) is 25.7 Å². The van der Waals surface area contributed by atoms with Crippen LogP contribution in [-0.2, 0) is 23.1 Å². The van der Waals surface area contributed by atoms with E-state index in [1.54, 1.807) is 6.33 Å². The van der Waals surface area contributed by atoms with Crippen molar-refractivity contribution < 1.29 is 14.7 Å². The van der Waals surface area contributed by atoms with Gasteiger partial charge in [-0.3, -0.25) is 9.59 Å². The Bertz CT molecular complexity index is 471. The van der Waals surface area contributed by atoms with Gasteiger partial charge in [-0.1, -0.05) is 0 Å². The maximum Gasteiger partial charge on any atom is 0.306 e. The number of carbonyl (C=O) groups is 2. The van der Waals surface area contributed by atoms with E-state index in [9.17, 15) is 9.59 Å². The lowest BCUT2D eigenvalue weighted by Gasteiger charge is -2.10. The number of carboxylic acid groups (broad SMARTS) is 1. The van der Waals surface area contributed by atoms with Gasteiger partial charge < -0.3 is 15.0 Å². The molecule has 1 fully saturated rings. The monoisotopic (exact) mass is 266 g/mol. The highest BCUT2D eigenvalue weighted by Gasteiger charge is 2.33. The smallest absolute Gasteiger partial charge is 0.306 e. The zero-order valence-corrected chi connectivity index (χ0v) is 10.9. The molecule has 2 atom stereocenters. The van der Waals surface area contributed by atoms with Crippen LogP contribution in [0.5, 0.6) is 0 Å². The van der Waals surface area contributed by atoms with Gasteiger partial charge in [-0.15, -0.1) is 10.2 Å². The summed E-state index contributed by atoms with van der Waals surface area (Å²) in [7, 11) is 1.85. The van der Waals surface area contributed by atoms with Gasteiger partial charge in [0.2, 0.25) is 5.91 Å². The van der Waals surface area contributed by atoms with E-state index in [0.29, 0.717) is 32.2 Å². The summed E-state index contributed by atoms with van der Waals surface area (Å²) in [6.07, 6.45) is 3.94. The van der Waals surface area contributed by atoms with Crippen molar-refractivity contribution in [3.63, 3.8) is 0 Å². The van der Waals surface area contributed by atoms with Crippen molar-refractivity contribution in [2.75, 3.05) is 6.54 Å².